The van der Waals surface area contributed by atoms with Gasteiger partial charge in [0, 0.05) is 5.92 Å². The molecule has 0 saturated heterocycles. The molecule has 0 radical (unpaired) electrons. The van der Waals surface area contributed by atoms with Crippen LogP contribution < -0.4 is 0 Å². The summed E-state index contributed by atoms with van der Waals surface area (Å²) < 4.78 is 0.886. The Balaban J connectivity index is 3.38. The summed E-state index contributed by atoms with van der Waals surface area (Å²) in [6.45, 7) is 5.46. The van der Waals surface area contributed by atoms with E-state index in [1.807, 2.05) is 6.92 Å². The molecule has 0 aliphatic carbocycles. The predicted molar refractivity (Wildman–Crippen MR) is 37.9 cm³/mol. The minimum Gasteiger partial charge on any atom is -0.303 e. The van der Waals surface area contributed by atoms with Gasteiger partial charge in [0.15, 0.2) is 0 Å². The van der Waals surface area contributed by atoms with E-state index in [0.717, 1.165) is 17.2 Å². The first-order valence-corrected chi connectivity index (χ1v) is 3.24. The van der Waals surface area contributed by atoms with Gasteiger partial charge in [-0.3, -0.25) is 0 Å². The molecule has 1 nitrogen and oxygen atoms in total. The Morgan fingerprint density at radius 1 is 2.00 bits per heavy atom. The largest absolute Gasteiger partial charge is 0.303 e. The van der Waals surface area contributed by atoms with Gasteiger partial charge in [0.25, 0.3) is 0 Å². The Labute approximate surface area is 57.9 Å². The minimum absolute atomic E-state index is 0.0990. The fourth-order valence-electron chi connectivity index (χ4n) is 0.397. The van der Waals surface area contributed by atoms with Gasteiger partial charge in [0.2, 0.25) is 0 Å². The van der Waals surface area contributed by atoms with Crippen molar-refractivity contribution in [2.24, 2.45) is 5.92 Å². The van der Waals surface area contributed by atoms with Crippen LogP contribution in [0.1, 0.15) is 13.3 Å². The van der Waals surface area contributed by atoms with Crippen LogP contribution in [0.2, 0.25) is 0 Å². The van der Waals surface area contributed by atoms with Gasteiger partial charge in [0.05, 0.1) is 0 Å². The molecule has 0 amide bonds. The van der Waals surface area contributed by atoms with Gasteiger partial charge in [-0.1, -0.05) is 29.4 Å². The summed E-state index contributed by atoms with van der Waals surface area (Å²) in [5, 5.41) is 0. The monoisotopic (exact) mass is 176 g/mol. The van der Waals surface area contributed by atoms with E-state index in [4.69, 9.17) is 0 Å². The van der Waals surface area contributed by atoms with Gasteiger partial charge in [-0.2, -0.15) is 0 Å². The smallest absolute Gasteiger partial charge is 0.123 e. The highest BCUT2D eigenvalue weighted by Gasteiger charge is 1.97. The third kappa shape index (κ3) is 4.06. The molecule has 0 bridgehead atoms. The summed E-state index contributed by atoms with van der Waals surface area (Å²) in [5.74, 6) is 0.0990. The summed E-state index contributed by atoms with van der Waals surface area (Å²) in [6, 6.07) is 0. The molecule has 0 heterocycles. The second-order valence-electron chi connectivity index (χ2n) is 1.83. The third-order valence-corrected chi connectivity index (χ3v) is 1.10. The third-order valence-electron chi connectivity index (χ3n) is 0.776. The molecular weight excluding hydrogens is 168 g/mol. The maximum absolute atomic E-state index is 9.98. The Kier molecular flexibility index (Phi) is 3.79. The average molecular weight is 177 g/mol. The molecule has 0 aliphatic rings. The predicted octanol–water partition coefficient (Wildman–Crippen LogP) is 2.12. The zero-order chi connectivity index (χ0) is 6.57. The van der Waals surface area contributed by atoms with Gasteiger partial charge in [0.1, 0.15) is 6.29 Å². The normalized spacial score (nSPS) is 12.8. The summed E-state index contributed by atoms with van der Waals surface area (Å²) >= 11 is 3.16. The van der Waals surface area contributed by atoms with Crippen LogP contribution in [0.15, 0.2) is 11.1 Å². The molecule has 0 unspecified atom stereocenters. The van der Waals surface area contributed by atoms with Crippen LogP contribution in [0.3, 0.4) is 0 Å². The molecule has 0 rings (SSSR count). The van der Waals surface area contributed by atoms with Crippen LogP contribution in [-0.2, 0) is 4.79 Å². The van der Waals surface area contributed by atoms with Crippen LogP contribution in [0.4, 0.5) is 0 Å². The fourth-order valence-corrected chi connectivity index (χ4v) is 0.908. The highest BCUT2D eigenvalue weighted by molar-refractivity contribution is 9.11. The molecule has 0 aliphatic heterocycles. The first-order chi connectivity index (χ1) is 3.66. The number of carbonyl (C=O) groups excluding carboxylic acids is 1. The molecular formula is C6H9BrO. The van der Waals surface area contributed by atoms with E-state index in [0.29, 0.717) is 0 Å². The van der Waals surface area contributed by atoms with Crippen molar-refractivity contribution in [3.05, 3.63) is 11.1 Å². The molecule has 0 saturated carbocycles. The molecule has 0 aromatic heterocycles. The Hall–Kier alpha value is -0.110. The Morgan fingerprint density at radius 3 is 2.62 bits per heavy atom. The van der Waals surface area contributed by atoms with Crippen LogP contribution in [0.5, 0.6) is 0 Å². The molecule has 0 fully saturated rings. The second-order valence-corrected chi connectivity index (χ2v) is 2.96. The van der Waals surface area contributed by atoms with Crippen molar-refractivity contribution in [1.82, 2.24) is 0 Å². The minimum atomic E-state index is 0.0990. The van der Waals surface area contributed by atoms with Crippen LogP contribution in [0.25, 0.3) is 0 Å². The number of halogens is 1. The lowest BCUT2D eigenvalue weighted by molar-refractivity contribution is -0.110. The molecule has 0 spiro atoms. The summed E-state index contributed by atoms with van der Waals surface area (Å²) in [4.78, 5) is 9.98. The van der Waals surface area contributed by atoms with E-state index >= 15 is 0 Å². The van der Waals surface area contributed by atoms with Crippen molar-refractivity contribution in [1.29, 1.82) is 0 Å². The van der Waals surface area contributed by atoms with E-state index in [1.54, 1.807) is 0 Å². The van der Waals surface area contributed by atoms with E-state index in [9.17, 15) is 4.79 Å². The number of carbonyl (C=O) groups is 1. The number of rotatable bonds is 3. The van der Waals surface area contributed by atoms with Crippen molar-refractivity contribution in [2.75, 3.05) is 0 Å². The first kappa shape index (κ1) is 7.89. The van der Waals surface area contributed by atoms with Crippen molar-refractivity contribution in [3.63, 3.8) is 0 Å². The maximum Gasteiger partial charge on any atom is 0.123 e. The summed E-state index contributed by atoms with van der Waals surface area (Å²) in [6.07, 6.45) is 1.66. The zero-order valence-corrected chi connectivity index (χ0v) is 6.44. The highest BCUT2D eigenvalue weighted by atomic mass is 79.9. The SMILES string of the molecule is C=C(Br)C[C@H](C)C=O. The van der Waals surface area contributed by atoms with Crippen LogP contribution in [-0.4, -0.2) is 6.29 Å². The van der Waals surface area contributed by atoms with Gasteiger partial charge >= 0.3 is 0 Å². The van der Waals surface area contributed by atoms with Gasteiger partial charge in [-0.15, -0.1) is 0 Å². The lowest BCUT2D eigenvalue weighted by Gasteiger charge is -1.97. The standard InChI is InChI=1S/C6H9BrO/c1-5(4-8)3-6(2)7/h4-5H,2-3H2,1H3/t5-/m0/s1. The Morgan fingerprint density at radius 2 is 2.50 bits per heavy atom. The lowest BCUT2D eigenvalue weighted by atomic mass is 10.1. The van der Waals surface area contributed by atoms with E-state index < -0.39 is 0 Å². The topological polar surface area (TPSA) is 17.1 Å². The van der Waals surface area contributed by atoms with Crippen LogP contribution >= 0.6 is 15.9 Å². The zero-order valence-electron chi connectivity index (χ0n) is 4.86. The average Bonchev–Trinajstić information content (AvgIpc) is 1.65. The van der Waals surface area contributed by atoms with Crippen molar-refractivity contribution >= 4 is 22.2 Å². The number of hydrogen-bond donors (Lipinski definition) is 0. The molecule has 1 atom stereocenters. The number of hydrogen-bond acceptors (Lipinski definition) is 1. The quantitative estimate of drug-likeness (QED) is 0.603. The summed E-state index contributed by atoms with van der Waals surface area (Å²) in [7, 11) is 0. The summed E-state index contributed by atoms with van der Waals surface area (Å²) in [5.41, 5.74) is 0. The lowest BCUT2D eigenvalue weighted by Crippen LogP contribution is -1.93. The molecule has 8 heavy (non-hydrogen) atoms. The maximum atomic E-state index is 9.98. The van der Waals surface area contributed by atoms with Gasteiger partial charge < -0.3 is 4.79 Å². The van der Waals surface area contributed by atoms with Gasteiger partial charge in [-0.25, -0.2) is 0 Å². The highest BCUT2D eigenvalue weighted by Crippen LogP contribution is 2.12. The van der Waals surface area contributed by atoms with Crippen molar-refractivity contribution in [2.45, 2.75) is 13.3 Å². The van der Waals surface area contributed by atoms with Crippen molar-refractivity contribution < 1.29 is 4.79 Å². The van der Waals surface area contributed by atoms with E-state index in [2.05, 4.69) is 22.5 Å². The number of allylic oxidation sites excluding steroid dienone is 1. The Bertz CT molecular complexity index is 98.7. The second kappa shape index (κ2) is 3.84. The number of aldehydes is 1. The van der Waals surface area contributed by atoms with Crippen molar-refractivity contribution in [3.8, 4) is 0 Å². The van der Waals surface area contributed by atoms with Crippen LogP contribution in [0, 0.1) is 5.92 Å². The van der Waals surface area contributed by atoms with E-state index in [1.165, 1.54) is 0 Å². The fraction of sp³-hybridized carbons (Fsp3) is 0.500. The molecule has 0 aromatic rings. The van der Waals surface area contributed by atoms with E-state index in [-0.39, 0.29) is 5.92 Å². The molecule has 0 N–H and O–H groups in total. The van der Waals surface area contributed by atoms with Gasteiger partial charge in [-0.05, 0) is 10.9 Å². The molecule has 46 valence electrons. The molecule has 2 heteroatoms. The molecule has 0 aromatic carbocycles. The first-order valence-electron chi connectivity index (χ1n) is 2.45.